The second-order valence-corrected chi connectivity index (χ2v) is 7.62. The summed E-state index contributed by atoms with van der Waals surface area (Å²) in [5.74, 6) is 0.414. The van der Waals surface area contributed by atoms with Crippen LogP contribution in [0.3, 0.4) is 0 Å². The highest BCUT2D eigenvalue weighted by molar-refractivity contribution is 7.91. The van der Waals surface area contributed by atoms with Crippen LogP contribution >= 0.6 is 0 Å². The molecule has 0 aliphatic rings. The van der Waals surface area contributed by atoms with Crippen molar-refractivity contribution in [3.05, 3.63) is 30.1 Å². The molecule has 8 heteroatoms. The number of sulfone groups is 1. The van der Waals surface area contributed by atoms with E-state index in [1.54, 1.807) is 24.7 Å². The van der Waals surface area contributed by atoms with Crippen LogP contribution in [0.2, 0.25) is 0 Å². The van der Waals surface area contributed by atoms with Crippen LogP contribution in [0.1, 0.15) is 12.5 Å². The average molecular weight is 331 g/mol. The van der Waals surface area contributed by atoms with Gasteiger partial charge in [-0.25, -0.2) is 23.4 Å². The van der Waals surface area contributed by atoms with E-state index in [1.165, 1.54) is 12.3 Å². The fourth-order valence-electron chi connectivity index (χ4n) is 2.41. The van der Waals surface area contributed by atoms with Crippen molar-refractivity contribution in [1.82, 2.24) is 19.5 Å². The highest BCUT2D eigenvalue weighted by Gasteiger charge is 2.23. The molecule has 3 heterocycles. The molecule has 2 N–H and O–H groups in total. The van der Waals surface area contributed by atoms with Crippen molar-refractivity contribution in [3.8, 4) is 11.5 Å². The summed E-state index contributed by atoms with van der Waals surface area (Å²) in [6, 6.07) is 3.33. The molecular weight excluding hydrogens is 314 g/mol. The van der Waals surface area contributed by atoms with E-state index in [0.29, 0.717) is 28.4 Å². The topological polar surface area (TPSA) is 104 Å². The number of hydrogen-bond acceptors (Lipinski definition) is 6. The van der Waals surface area contributed by atoms with Crippen molar-refractivity contribution in [2.24, 2.45) is 7.05 Å². The molecule has 0 saturated carbocycles. The fourth-order valence-corrected chi connectivity index (χ4v) is 3.47. The molecule has 3 aromatic heterocycles. The summed E-state index contributed by atoms with van der Waals surface area (Å²) in [5, 5.41) is 0. The molecule has 0 radical (unpaired) electrons. The molecule has 0 amide bonds. The van der Waals surface area contributed by atoms with Crippen LogP contribution in [0, 0.1) is 6.92 Å². The summed E-state index contributed by atoms with van der Waals surface area (Å²) in [4.78, 5) is 13.2. The third-order valence-corrected chi connectivity index (χ3v) is 5.39. The van der Waals surface area contributed by atoms with Gasteiger partial charge in [0.15, 0.2) is 21.3 Å². The quantitative estimate of drug-likeness (QED) is 0.783. The van der Waals surface area contributed by atoms with Gasteiger partial charge in [0, 0.05) is 13.2 Å². The van der Waals surface area contributed by atoms with Crippen molar-refractivity contribution in [3.63, 3.8) is 0 Å². The summed E-state index contributed by atoms with van der Waals surface area (Å²) in [7, 11) is -1.69. The maximum Gasteiger partial charge on any atom is 0.180 e. The van der Waals surface area contributed by atoms with Crippen LogP contribution in [0.15, 0.2) is 29.4 Å². The number of nitrogen functional groups attached to an aromatic ring is 1. The molecule has 0 aliphatic heterocycles. The number of imidazole rings is 1. The zero-order valence-corrected chi connectivity index (χ0v) is 13.9. The monoisotopic (exact) mass is 331 g/mol. The van der Waals surface area contributed by atoms with Crippen LogP contribution in [-0.2, 0) is 16.9 Å². The lowest BCUT2D eigenvalue weighted by molar-refractivity contribution is 0.597. The van der Waals surface area contributed by atoms with E-state index >= 15 is 0 Å². The summed E-state index contributed by atoms with van der Waals surface area (Å²) in [6.45, 7) is 3.51. The number of hydrogen-bond donors (Lipinski definition) is 1. The highest BCUT2D eigenvalue weighted by atomic mass is 32.2. The van der Waals surface area contributed by atoms with Crippen LogP contribution < -0.4 is 5.73 Å². The molecular formula is C15H17N5O2S. The zero-order chi connectivity index (χ0) is 16.8. The Bertz CT molecular complexity index is 1010. The van der Waals surface area contributed by atoms with Gasteiger partial charge in [-0.05, 0) is 24.6 Å². The Morgan fingerprint density at radius 1 is 1.22 bits per heavy atom. The number of fused-ring (bicyclic) bond motifs is 1. The largest absolute Gasteiger partial charge is 0.397 e. The lowest BCUT2D eigenvalue weighted by Gasteiger charge is -2.09. The molecule has 120 valence electrons. The van der Waals surface area contributed by atoms with Crippen molar-refractivity contribution < 1.29 is 8.42 Å². The van der Waals surface area contributed by atoms with Crippen molar-refractivity contribution in [1.29, 1.82) is 0 Å². The standard InChI is InChI=1S/C15H17N5O2S/c1-4-23(21,22)12-6-10(16)8-17-13(12)15-19-11-5-9(2)7-18-14(11)20(15)3/h5-8H,4,16H2,1-3H3. The summed E-state index contributed by atoms with van der Waals surface area (Å²) in [6.07, 6.45) is 3.18. The van der Waals surface area contributed by atoms with E-state index in [2.05, 4.69) is 15.0 Å². The van der Waals surface area contributed by atoms with Crippen LogP contribution in [0.25, 0.3) is 22.7 Å². The van der Waals surface area contributed by atoms with Gasteiger partial charge in [-0.1, -0.05) is 6.92 Å². The average Bonchev–Trinajstić information content (AvgIpc) is 2.83. The van der Waals surface area contributed by atoms with E-state index in [0.717, 1.165) is 5.56 Å². The molecule has 0 aromatic carbocycles. The second kappa shape index (κ2) is 5.31. The van der Waals surface area contributed by atoms with E-state index in [9.17, 15) is 8.42 Å². The van der Waals surface area contributed by atoms with Gasteiger partial charge >= 0.3 is 0 Å². The first-order valence-corrected chi connectivity index (χ1v) is 8.76. The van der Waals surface area contributed by atoms with E-state index in [1.807, 2.05) is 13.0 Å². The first kappa shape index (κ1) is 15.4. The lowest BCUT2D eigenvalue weighted by Crippen LogP contribution is -2.09. The Morgan fingerprint density at radius 3 is 2.65 bits per heavy atom. The van der Waals surface area contributed by atoms with E-state index in [4.69, 9.17) is 5.73 Å². The maximum atomic E-state index is 12.4. The minimum atomic E-state index is -3.48. The van der Waals surface area contributed by atoms with Gasteiger partial charge in [0.05, 0.1) is 22.5 Å². The van der Waals surface area contributed by atoms with Gasteiger partial charge in [0.25, 0.3) is 0 Å². The number of rotatable bonds is 3. The summed E-state index contributed by atoms with van der Waals surface area (Å²) < 4.78 is 26.5. The predicted octanol–water partition coefficient (Wildman–Crippen LogP) is 1.71. The fraction of sp³-hybridized carbons (Fsp3) is 0.267. The van der Waals surface area contributed by atoms with Crippen LogP contribution in [-0.4, -0.2) is 33.7 Å². The molecule has 0 fully saturated rings. The molecule has 0 saturated heterocycles. The van der Waals surface area contributed by atoms with Crippen molar-refractivity contribution in [2.75, 3.05) is 11.5 Å². The van der Waals surface area contributed by atoms with E-state index in [-0.39, 0.29) is 10.6 Å². The minimum absolute atomic E-state index is 0.0353. The molecule has 23 heavy (non-hydrogen) atoms. The normalized spacial score (nSPS) is 12.0. The number of nitrogens with zero attached hydrogens (tertiary/aromatic N) is 4. The third-order valence-electron chi connectivity index (χ3n) is 3.65. The zero-order valence-electron chi connectivity index (χ0n) is 13.1. The lowest BCUT2D eigenvalue weighted by atomic mass is 10.3. The predicted molar refractivity (Wildman–Crippen MR) is 88.6 cm³/mol. The Balaban J connectivity index is 2.34. The van der Waals surface area contributed by atoms with Gasteiger partial charge in [-0.2, -0.15) is 0 Å². The SMILES string of the molecule is CCS(=O)(=O)c1cc(N)cnc1-c1nc2cc(C)cnc2n1C. The summed E-state index contributed by atoms with van der Waals surface area (Å²) >= 11 is 0. The Labute approximate surface area is 134 Å². The molecule has 7 nitrogen and oxygen atoms in total. The number of anilines is 1. The Morgan fingerprint density at radius 2 is 1.96 bits per heavy atom. The Kier molecular flexibility index (Phi) is 3.56. The number of aryl methyl sites for hydroxylation is 2. The van der Waals surface area contributed by atoms with Gasteiger partial charge < -0.3 is 10.3 Å². The summed E-state index contributed by atoms with van der Waals surface area (Å²) in [5.41, 5.74) is 8.66. The van der Waals surface area contributed by atoms with Gasteiger partial charge in [0.1, 0.15) is 11.2 Å². The number of pyridine rings is 2. The molecule has 0 spiro atoms. The van der Waals surface area contributed by atoms with Gasteiger partial charge in [-0.15, -0.1) is 0 Å². The van der Waals surface area contributed by atoms with Gasteiger partial charge in [0.2, 0.25) is 0 Å². The van der Waals surface area contributed by atoms with Crippen molar-refractivity contribution >= 4 is 26.7 Å². The first-order valence-electron chi connectivity index (χ1n) is 7.11. The molecule has 0 atom stereocenters. The second-order valence-electron chi connectivity index (χ2n) is 5.37. The number of aromatic nitrogens is 4. The molecule has 3 rings (SSSR count). The Hall–Kier alpha value is -2.48. The molecule has 0 bridgehead atoms. The van der Waals surface area contributed by atoms with Gasteiger partial charge in [-0.3, -0.25) is 0 Å². The first-order chi connectivity index (χ1) is 10.8. The molecule has 3 aromatic rings. The molecule has 0 aliphatic carbocycles. The molecule has 0 unspecified atom stereocenters. The van der Waals surface area contributed by atoms with Crippen molar-refractivity contribution in [2.45, 2.75) is 18.7 Å². The van der Waals surface area contributed by atoms with Crippen LogP contribution in [0.5, 0.6) is 0 Å². The number of nitrogens with two attached hydrogens (primary N) is 1. The maximum absolute atomic E-state index is 12.4. The highest BCUT2D eigenvalue weighted by Crippen LogP contribution is 2.29. The minimum Gasteiger partial charge on any atom is -0.397 e. The van der Waals surface area contributed by atoms with Crippen LogP contribution in [0.4, 0.5) is 5.69 Å². The smallest absolute Gasteiger partial charge is 0.180 e. The van der Waals surface area contributed by atoms with E-state index < -0.39 is 9.84 Å². The third kappa shape index (κ3) is 2.55.